The number of amides is 2. The number of pyridine rings is 1. The third-order valence-electron chi connectivity index (χ3n) is 4.79. The number of urea groups is 1. The summed E-state index contributed by atoms with van der Waals surface area (Å²) in [4.78, 5) is 16.3. The summed E-state index contributed by atoms with van der Waals surface area (Å²) in [6.07, 6.45) is 8.22. The smallest absolute Gasteiger partial charge is 0.315 e. The lowest BCUT2D eigenvalue weighted by Crippen LogP contribution is -2.45. The SMILES string of the molecule is CCC1CCC(NC(=O)NCC(CO)Cc2ccccn2)CC1. The van der Waals surface area contributed by atoms with Crippen LogP contribution in [0.25, 0.3) is 0 Å². The Balaban J connectivity index is 1.68. The Labute approximate surface area is 138 Å². The minimum Gasteiger partial charge on any atom is -0.396 e. The molecule has 1 atom stereocenters. The van der Waals surface area contributed by atoms with Gasteiger partial charge in [0.15, 0.2) is 0 Å². The number of carbonyl (C=O) groups excluding carboxylic acids is 1. The molecule has 1 aromatic heterocycles. The second kappa shape index (κ2) is 9.50. The van der Waals surface area contributed by atoms with Crippen molar-refractivity contribution in [3.05, 3.63) is 30.1 Å². The third-order valence-corrected chi connectivity index (χ3v) is 4.79. The highest BCUT2D eigenvalue weighted by molar-refractivity contribution is 5.74. The molecule has 0 spiro atoms. The highest BCUT2D eigenvalue weighted by Crippen LogP contribution is 2.26. The molecule has 0 saturated heterocycles. The first-order chi connectivity index (χ1) is 11.2. The standard InChI is InChI=1S/C18H29N3O2/c1-2-14-6-8-16(9-7-14)21-18(23)20-12-15(13-22)11-17-5-3-4-10-19-17/h3-5,10,14-16,22H,2,6-9,11-13H2,1H3,(H2,20,21,23). The molecule has 1 fully saturated rings. The van der Waals surface area contributed by atoms with Gasteiger partial charge in [0, 0.05) is 37.0 Å². The average molecular weight is 319 g/mol. The van der Waals surface area contributed by atoms with E-state index in [4.69, 9.17) is 0 Å². The van der Waals surface area contributed by atoms with E-state index in [-0.39, 0.29) is 18.6 Å². The number of aliphatic hydroxyl groups is 1. The number of hydrogen-bond donors (Lipinski definition) is 3. The van der Waals surface area contributed by atoms with Gasteiger partial charge in [0.05, 0.1) is 0 Å². The normalized spacial score (nSPS) is 22.3. The molecule has 5 nitrogen and oxygen atoms in total. The summed E-state index contributed by atoms with van der Waals surface area (Å²) in [6, 6.07) is 5.92. The fourth-order valence-corrected chi connectivity index (χ4v) is 3.20. The number of hydrogen-bond acceptors (Lipinski definition) is 3. The third kappa shape index (κ3) is 6.18. The molecule has 3 N–H and O–H groups in total. The van der Waals surface area contributed by atoms with Gasteiger partial charge in [-0.05, 0) is 50.2 Å². The first kappa shape index (κ1) is 17.7. The number of carbonyl (C=O) groups is 1. The van der Waals surface area contributed by atoms with Gasteiger partial charge >= 0.3 is 6.03 Å². The number of nitrogens with one attached hydrogen (secondary N) is 2. The van der Waals surface area contributed by atoms with Gasteiger partial charge in [0.1, 0.15) is 0 Å². The molecule has 2 amide bonds. The van der Waals surface area contributed by atoms with E-state index >= 15 is 0 Å². The minimum atomic E-state index is -0.121. The van der Waals surface area contributed by atoms with Gasteiger partial charge in [-0.1, -0.05) is 19.4 Å². The Morgan fingerprint density at radius 2 is 2.13 bits per heavy atom. The number of aromatic nitrogens is 1. The highest BCUT2D eigenvalue weighted by Gasteiger charge is 2.21. The molecule has 1 aliphatic carbocycles. The predicted molar refractivity (Wildman–Crippen MR) is 91.1 cm³/mol. The van der Waals surface area contributed by atoms with Crippen LogP contribution < -0.4 is 10.6 Å². The minimum absolute atomic E-state index is 0.00789. The molecule has 1 unspecified atom stereocenters. The van der Waals surface area contributed by atoms with E-state index in [1.165, 1.54) is 19.3 Å². The zero-order valence-electron chi connectivity index (χ0n) is 14.0. The van der Waals surface area contributed by atoms with Gasteiger partial charge in [0.2, 0.25) is 0 Å². The summed E-state index contributed by atoms with van der Waals surface area (Å²) in [5, 5.41) is 15.4. The summed E-state index contributed by atoms with van der Waals surface area (Å²) in [5.74, 6) is 0.819. The van der Waals surface area contributed by atoms with Gasteiger partial charge in [-0.3, -0.25) is 4.98 Å². The number of nitrogens with zero attached hydrogens (tertiary/aromatic N) is 1. The second-order valence-electron chi connectivity index (χ2n) is 6.55. The first-order valence-corrected chi connectivity index (χ1v) is 8.76. The van der Waals surface area contributed by atoms with Crippen LogP contribution in [0.15, 0.2) is 24.4 Å². The largest absolute Gasteiger partial charge is 0.396 e. The maximum absolute atomic E-state index is 12.0. The van der Waals surface area contributed by atoms with Crippen LogP contribution in [0, 0.1) is 11.8 Å². The predicted octanol–water partition coefficient (Wildman–Crippen LogP) is 2.50. The lowest BCUT2D eigenvalue weighted by Gasteiger charge is -2.28. The van der Waals surface area contributed by atoms with E-state index in [1.54, 1.807) is 6.20 Å². The molecule has 5 heteroatoms. The molecule has 1 aromatic rings. The monoisotopic (exact) mass is 319 g/mol. The van der Waals surface area contributed by atoms with Crippen molar-refractivity contribution >= 4 is 6.03 Å². The molecule has 1 heterocycles. The van der Waals surface area contributed by atoms with Crippen molar-refractivity contribution < 1.29 is 9.90 Å². The molecule has 1 saturated carbocycles. The summed E-state index contributed by atoms with van der Waals surface area (Å²) >= 11 is 0. The van der Waals surface area contributed by atoms with Gasteiger partial charge in [-0.15, -0.1) is 0 Å². The summed E-state index contributed by atoms with van der Waals surface area (Å²) < 4.78 is 0. The van der Waals surface area contributed by atoms with Crippen LogP contribution in [0.2, 0.25) is 0 Å². The number of aliphatic hydroxyl groups excluding tert-OH is 1. The molecule has 23 heavy (non-hydrogen) atoms. The molecular formula is C18H29N3O2. The Hall–Kier alpha value is -1.62. The van der Waals surface area contributed by atoms with E-state index in [9.17, 15) is 9.90 Å². The zero-order valence-corrected chi connectivity index (χ0v) is 14.0. The molecule has 0 radical (unpaired) electrons. The Bertz CT molecular complexity index is 459. The van der Waals surface area contributed by atoms with Gasteiger partial charge < -0.3 is 15.7 Å². The van der Waals surface area contributed by atoms with E-state index in [0.717, 1.165) is 24.5 Å². The second-order valence-corrected chi connectivity index (χ2v) is 6.55. The molecular weight excluding hydrogens is 290 g/mol. The van der Waals surface area contributed by atoms with Crippen molar-refractivity contribution in [2.24, 2.45) is 11.8 Å². The van der Waals surface area contributed by atoms with Crippen LogP contribution in [-0.2, 0) is 6.42 Å². The van der Waals surface area contributed by atoms with E-state index in [2.05, 4.69) is 22.5 Å². The molecule has 0 bridgehead atoms. The maximum atomic E-state index is 12.0. The Morgan fingerprint density at radius 1 is 1.35 bits per heavy atom. The molecule has 2 rings (SSSR count). The lowest BCUT2D eigenvalue weighted by molar-refractivity contribution is 0.208. The van der Waals surface area contributed by atoms with Crippen molar-refractivity contribution in [2.75, 3.05) is 13.2 Å². The zero-order chi connectivity index (χ0) is 16.5. The van der Waals surface area contributed by atoms with E-state index < -0.39 is 0 Å². The van der Waals surface area contributed by atoms with Crippen molar-refractivity contribution in [2.45, 2.75) is 51.5 Å². The van der Waals surface area contributed by atoms with Gasteiger partial charge in [-0.25, -0.2) is 4.79 Å². The number of rotatable bonds is 7. The van der Waals surface area contributed by atoms with Crippen LogP contribution in [-0.4, -0.2) is 35.3 Å². The van der Waals surface area contributed by atoms with E-state index in [1.807, 2.05) is 18.2 Å². The topological polar surface area (TPSA) is 74.2 Å². The van der Waals surface area contributed by atoms with Crippen LogP contribution in [0.4, 0.5) is 4.79 Å². The van der Waals surface area contributed by atoms with Crippen LogP contribution in [0.1, 0.15) is 44.7 Å². The lowest BCUT2D eigenvalue weighted by atomic mass is 9.85. The van der Waals surface area contributed by atoms with Crippen LogP contribution >= 0.6 is 0 Å². The molecule has 1 aliphatic rings. The first-order valence-electron chi connectivity index (χ1n) is 8.76. The quantitative estimate of drug-likeness (QED) is 0.723. The summed E-state index contributed by atoms with van der Waals surface area (Å²) in [7, 11) is 0. The average Bonchev–Trinajstić information content (AvgIpc) is 2.60. The van der Waals surface area contributed by atoms with Crippen LogP contribution in [0.3, 0.4) is 0 Å². The molecule has 0 aromatic carbocycles. The summed E-state index contributed by atoms with van der Waals surface area (Å²) in [6.45, 7) is 2.74. The van der Waals surface area contributed by atoms with E-state index in [0.29, 0.717) is 19.0 Å². The molecule has 0 aliphatic heterocycles. The van der Waals surface area contributed by atoms with Gasteiger partial charge in [-0.2, -0.15) is 0 Å². The Kier molecular flexibility index (Phi) is 7.33. The maximum Gasteiger partial charge on any atom is 0.315 e. The Morgan fingerprint density at radius 3 is 2.74 bits per heavy atom. The van der Waals surface area contributed by atoms with Gasteiger partial charge in [0.25, 0.3) is 0 Å². The highest BCUT2D eigenvalue weighted by atomic mass is 16.3. The summed E-state index contributed by atoms with van der Waals surface area (Å²) in [5.41, 5.74) is 0.937. The van der Waals surface area contributed by atoms with Crippen molar-refractivity contribution in [3.63, 3.8) is 0 Å². The van der Waals surface area contributed by atoms with Crippen molar-refractivity contribution in [3.8, 4) is 0 Å². The van der Waals surface area contributed by atoms with Crippen molar-refractivity contribution in [1.29, 1.82) is 0 Å². The van der Waals surface area contributed by atoms with Crippen LogP contribution in [0.5, 0.6) is 0 Å². The fraction of sp³-hybridized carbons (Fsp3) is 0.667. The van der Waals surface area contributed by atoms with Crippen molar-refractivity contribution in [1.82, 2.24) is 15.6 Å². The molecule has 128 valence electrons. The fourth-order valence-electron chi connectivity index (χ4n) is 3.20.